The van der Waals surface area contributed by atoms with Crippen LogP contribution >= 0.6 is 0 Å². The Morgan fingerprint density at radius 3 is 1.72 bits per heavy atom. The van der Waals surface area contributed by atoms with Gasteiger partial charge >= 0.3 is 15.5 Å². The molecule has 0 spiro atoms. The van der Waals surface area contributed by atoms with Crippen LogP contribution in [0.4, 0.5) is 13.2 Å². The molecule has 0 bridgehead atoms. The van der Waals surface area contributed by atoms with Crippen LogP contribution in [0.3, 0.4) is 0 Å². The maximum absolute atomic E-state index is 12.9. The van der Waals surface area contributed by atoms with Crippen LogP contribution in [0.1, 0.15) is 23.2 Å². The van der Waals surface area contributed by atoms with Gasteiger partial charge in [0.15, 0.2) is 0 Å². The number of hydrogen-bond acceptors (Lipinski definition) is 3. The largest absolute Gasteiger partial charge is 0.511 e. The summed E-state index contributed by atoms with van der Waals surface area (Å²) in [5.41, 5.74) is -4.24. The van der Waals surface area contributed by atoms with Gasteiger partial charge in [-0.2, -0.15) is 17.9 Å². The van der Waals surface area contributed by atoms with E-state index < -0.39 is 27.6 Å². The average molecular weight is 372 g/mol. The van der Waals surface area contributed by atoms with Crippen LogP contribution in [0.25, 0.3) is 0 Å². The molecule has 0 fully saturated rings. The number of alkyl halides is 3. The molecule has 8 heteroatoms. The molecule has 25 heavy (non-hydrogen) atoms. The van der Waals surface area contributed by atoms with Crippen LogP contribution in [-0.4, -0.2) is 32.9 Å². The number of likely N-dealkylation sites (N-methyl/N-ethyl adjacent to an activating group) is 1. The third-order valence-electron chi connectivity index (χ3n) is 3.76. The fourth-order valence-electron chi connectivity index (χ4n) is 2.65. The number of hydrogen-bond donors (Lipinski definition) is 1. The highest BCUT2D eigenvalue weighted by molar-refractivity contribution is 7.90. The second-order valence-corrected chi connectivity index (χ2v) is 7.48. The zero-order valence-corrected chi connectivity index (χ0v) is 14.6. The molecule has 2 aromatic carbocycles. The van der Waals surface area contributed by atoms with Crippen molar-refractivity contribution in [1.82, 2.24) is 9.62 Å². The molecule has 2 atom stereocenters. The van der Waals surface area contributed by atoms with Crippen LogP contribution in [-0.2, 0) is 10.0 Å². The van der Waals surface area contributed by atoms with Crippen molar-refractivity contribution in [2.75, 3.05) is 14.1 Å². The van der Waals surface area contributed by atoms with Gasteiger partial charge in [-0.15, -0.1) is 0 Å². The highest BCUT2D eigenvalue weighted by Gasteiger charge is 2.48. The van der Waals surface area contributed by atoms with Gasteiger partial charge in [0.05, 0.1) is 12.1 Å². The van der Waals surface area contributed by atoms with Crippen molar-refractivity contribution in [2.24, 2.45) is 0 Å². The smallest absolute Gasteiger partial charge is 0.301 e. The summed E-state index contributed by atoms with van der Waals surface area (Å²) in [6.07, 6.45) is 0. The van der Waals surface area contributed by atoms with Crippen molar-refractivity contribution in [2.45, 2.75) is 17.6 Å². The molecule has 0 unspecified atom stereocenters. The van der Waals surface area contributed by atoms with E-state index in [4.69, 9.17) is 0 Å². The average Bonchev–Trinajstić information content (AvgIpc) is 2.54. The van der Waals surface area contributed by atoms with Gasteiger partial charge in [-0.05, 0) is 25.2 Å². The summed E-state index contributed by atoms with van der Waals surface area (Å²) in [5, 5.41) is 0. The highest BCUT2D eigenvalue weighted by atomic mass is 32.2. The van der Waals surface area contributed by atoms with E-state index in [0.29, 0.717) is 11.1 Å². The van der Waals surface area contributed by atoms with Gasteiger partial charge in [-0.1, -0.05) is 60.7 Å². The molecule has 0 aliphatic heterocycles. The van der Waals surface area contributed by atoms with Crippen LogP contribution in [0.15, 0.2) is 60.7 Å². The summed E-state index contributed by atoms with van der Waals surface area (Å²) in [6.45, 7) is 0. The molecule has 0 saturated carbocycles. The Hall–Kier alpha value is -1.90. The van der Waals surface area contributed by atoms with Gasteiger partial charge in [-0.25, -0.2) is 8.42 Å². The summed E-state index contributed by atoms with van der Waals surface area (Å²) in [7, 11) is -2.13. The molecule has 0 amide bonds. The molecule has 136 valence electrons. The molecule has 0 aliphatic rings. The molecular formula is C17H19F3N2O2S. The van der Waals surface area contributed by atoms with E-state index in [0.717, 1.165) is 0 Å². The van der Waals surface area contributed by atoms with Gasteiger partial charge in [0.1, 0.15) is 0 Å². The Labute approximate surface area is 145 Å². The molecule has 0 heterocycles. The van der Waals surface area contributed by atoms with E-state index in [-0.39, 0.29) is 0 Å². The maximum Gasteiger partial charge on any atom is 0.511 e. The molecule has 0 radical (unpaired) electrons. The first-order chi connectivity index (χ1) is 11.6. The van der Waals surface area contributed by atoms with E-state index in [1.807, 2.05) is 4.72 Å². The van der Waals surface area contributed by atoms with Crippen molar-refractivity contribution in [3.63, 3.8) is 0 Å². The van der Waals surface area contributed by atoms with E-state index in [1.54, 1.807) is 79.7 Å². The number of benzene rings is 2. The van der Waals surface area contributed by atoms with Gasteiger partial charge in [0.25, 0.3) is 0 Å². The second kappa shape index (κ2) is 7.55. The number of halogens is 3. The molecule has 4 nitrogen and oxygen atoms in total. The lowest BCUT2D eigenvalue weighted by Gasteiger charge is -2.33. The lowest BCUT2D eigenvalue weighted by Crippen LogP contribution is -2.43. The fourth-order valence-corrected chi connectivity index (χ4v) is 3.38. The molecule has 1 N–H and O–H groups in total. The third-order valence-corrected chi connectivity index (χ3v) is 4.93. The summed E-state index contributed by atoms with van der Waals surface area (Å²) in [4.78, 5) is 1.69. The zero-order valence-electron chi connectivity index (χ0n) is 13.7. The van der Waals surface area contributed by atoms with Gasteiger partial charge in [0.2, 0.25) is 0 Å². The predicted octanol–water partition coefficient (Wildman–Crippen LogP) is 3.47. The summed E-state index contributed by atoms with van der Waals surface area (Å²) < 4.78 is 64.1. The topological polar surface area (TPSA) is 49.4 Å². The number of nitrogens with one attached hydrogen (secondary N) is 1. The fraction of sp³-hybridized carbons (Fsp3) is 0.294. The standard InChI is InChI=1S/C17H19F3N2O2S/c1-22(2)16(14-11-7-4-8-12-14)15(13-9-5-3-6-10-13)21-25(23,24)17(18,19)20/h3-12,15-16,21H,1-2H3/t15-,16-/m0/s1. The molecule has 0 aliphatic carbocycles. The number of rotatable bonds is 6. The van der Waals surface area contributed by atoms with E-state index in [1.165, 1.54) is 0 Å². The lowest BCUT2D eigenvalue weighted by molar-refractivity contribution is -0.0453. The molecule has 0 aromatic heterocycles. The first-order valence-corrected chi connectivity index (χ1v) is 8.97. The summed E-state index contributed by atoms with van der Waals surface area (Å²) in [5.74, 6) is 0. The minimum atomic E-state index is -5.51. The van der Waals surface area contributed by atoms with Crippen LogP contribution < -0.4 is 4.72 Å². The van der Waals surface area contributed by atoms with E-state index in [2.05, 4.69) is 0 Å². The Bertz CT molecular complexity index is 779. The first-order valence-electron chi connectivity index (χ1n) is 7.48. The summed E-state index contributed by atoms with van der Waals surface area (Å²) >= 11 is 0. The Balaban J connectivity index is 2.54. The monoisotopic (exact) mass is 372 g/mol. The van der Waals surface area contributed by atoms with Crippen LogP contribution in [0.2, 0.25) is 0 Å². The van der Waals surface area contributed by atoms with Gasteiger partial charge in [-0.3, -0.25) is 0 Å². The van der Waals surface area contributed by atoms with Gasteiger partial charge < -0.3 is 4.90 Å². The minimum absolute atomic E-state index is 0.442. The SMILES string of the molecule is CN(C)[C@@H](c1ccccc1)[C@@H](NS(=O)(=O)C(F)(F)F)c1ccccc1. The van der Waals surface area contributed by atoms with Crippen molar-refractivity contribution in [1.29, 1.82) is 0 Å². The van der Waals surface area contributed by atoms with Crippen molar-refractivity contribution in [3.05, 3.63) is 71.8 Å². The highest BCUT2D eigenvalue weighted by Crippen LogP contribution is 2.35. The predicted molar refractivity (Wildman–Crippen MR) is 90.2 cm³/mol. The number of sulfonamides is 1. The van der Waals surface area contributed by atoms with E-state index >= 15 is 0 Å². The molecular weight excluding hydrogens is 353 g/mol. The third kappa shape index (κ3) is 4.59. The Morgan fingerprint density at radius 2 is 1.32 bits per heavy atom. The Kier molecular flexibility index (Phi) is 5.87. The van der Waals surface area contributed by atoms with Crippen LogP contribution in [0.5, 0.6) is 0 Å². The quantitative estimate of drug-likeness (QED) is 0.845. The first kappa shape index (κ1) is 19.4. The number of nitrogens with zero attached hydrogens (tertiary/aromatic N) is 1. The van der Waals surface area contributed by atoms with Crippen LogP contribution in [0, 0.1) is 0 Å². The summed E-state index contributed by atoms with van der Waals surface area (Å²) in [6, 6.07) is 15.3. The molecule has 2 aromatic rings. The van der Waals surface area contributed by atoms with Gasteiger partial charge in [0, 0.05) is 0 Å². The van der Waals surface area contributed by atoms with Crippen molar-refractivity contribution < 1.29 is 21.6 Å². The van der Waals surface area contributed by atoms with Crippen molar-refractivity contribution >= 4 is 10.0 Å². The molecule has 2 rings (SSSR count). The molecule has 0 saturated heterocycles. The normalized spacial score (nSPS) is 15.1. The Morgan fingerprint density at radius 1 is 0.880 bits per heavy atom. The maximum atomic E-state index is 12.9. The van der Waals surface area contributed by atoms with E-state index in [9.17, 15) is 21.6 Å². The minimum Gasteiger partial charge on any atom is -0.301 e. The lowest BCUT2D eigenvalue weighted by atomic mass is 9.93. The zero-order chi connectivity index (χ0) is 18.7. The van der Waals surface area contributed by atoms with Crippen molar-refractivity contribution in [3.8, 4) is 0 Å². The second-order valence-electron chi connectivity index (χ2n) is 5.77.